The number of amides is 3. The van der Waals surface area contributed by atoms with E-state index in [9.17, 15) is 14.4 Å². The van der Waals surface area contributed by atoms with Gasteiger partial charge in [0.25, 0.3) is 5.91 Å². The number of carbonyl (C=O) groups is 3. The first-order valence-electron chi connectivity index (χ1n) is 8.20. The number of hydrogen-bond donors (Lipinski definition) is 2. The fraction of sp³-hybridized carbons (Fsp3) is 0.471. The Morgan fingerprint density at radius 1 is 1.17 bits per heavy atom. The van der Waals surface area contributed by atoms with Gasteiger partial charge < -0.3 is 20.3 Å². The van der Waals surface area contributed by atoms with Crippen LogP contribution in [0.2, 0.25) is 0 Å². The molecule has 7 nitrogen and oxygen atoms in total. The number of nitrogens with one attached hydrogen (secondary N) is 2. The largest absolute Gasteiger partial charge is 0.482 e. The van der Waals surface area contributed by atoms with E-state index < -0.39 is 11.8 Å². The monoisotopic (exact) mass is 331 g/mol. The predicted octanol–water partition coefficient (Wildman–Crippen LogP) is 1.43. The molecule has 1 aliphatic carbocycles. The van der Waals surface area contributed by atoms with Crippen LogP contribution in [-0.2, 0) is 14.4 Å². The second kappa shape index (κ2) is 6.90. The lowest BCUT2D eigenvalue weighted by molar-refractivity contribution is -0.136. The van der Waals surface area contributed by atoms with E-state index in [4.69, 9.17) is 4.74 Å². The maximum absolute atomic E-state index is 12.1. The van der Waals surface area contributed by atoms with Gasteiger partial charge in [-0.1, -0.05) is 19.3 Å². The van der Waals surface area contributed by atoms with E-state index in [-0.39, 0.29) is 18.6 Å². The third kappa shape index (κ3) is 3.50. The number of ether oxygens (including phenoxy) is 1. The molecule has 0 unspecified atom stereocenters. The van der Waals surface area contributed by atoms with Crippen LogP contribution in [0, 0.1) is 0 Å². The molecule has 1 aromatic carbocycles. The Labute approximate surface area is 140 Å². The number of hydrogen-bond acceptors (Lipinski definition) is 4. The number of likely N-dealkylation sites (N-methyl/N-ethyl adjacent to an activating group) is 1. The fourth-order valence-corrected chi connectivity index (χ4v) is 3.04. The van der Waals surface area contributed by atoms with Crippen LogP contribution in [0.5, 0.6) is 5.75 Å². The van der Waals surface area contributed by atoms with Crippen molar-refractivity contribution in [3.63, 3.8) is 0 Å². The van der Waals surface area contributed by atoms with Crippen LogP contribution in [-0.4, -0.2) is 37.4 Å². The van der Waals surface area contributed by atoms with Gasteiger partial charge in [-0.2, -0.15) is 0 Å². The summed E-state index contributed by atoms with van der Waals surface area (Å²) in [6.07, 6.45) is 5.18. The third-order valence-corrected chi connectivity index (χ3v) is 4.45. The van der Waals surface area contributed by atoms with E-state index in [0.29, 0.717) is 17.1 Å². The molecule has 3 amide bonds. The van der Waals surface area contributed by atoms with Crippen LogP contribution < -0.4 is 20.3 Å². The summed E-state index contributed by atoms with van der Waals surface area (Å²) < 4.78 is 5.33. The van der Waals surface area contributed by atoms with Gasteiger partial charge in [-0.3, -0.25) is 14.4 Å². The Morgan fingerprint density at radius 2 is 1.92 bits per heavy atom. The first kappa shape index (κ1) is 16.3. The third-order valence-electron chi connectivity index (χ3n) is 4.45. The minimum Gasteiger partial charge on any atom is -0.482 e. The van der Waals surface area contributed by atoms with Crippen molar-refractivity contribution in [3.8, 4) is 5.75 Å². The van der Waals surface area contributed by atoms with Crippen molar-refractivity contribution in [3.05, 3.63) is 18.2 Å². The quantitative estimate of drug-likeness (QED) is 0.803. The summed E-state index contributed by atoms with van der Waals surface area (Å²) in [5.41, 5.74) is 1.01. The van der Waals surface area contributed by atoms with E-state index >= 15 is 0 Å². The second-order valence-electron chi connectivity index (χ2n) is 6.19. The molecule has 0 atom stereocenters. The van der Waals surface area contributed by atoms with E-state index in [1.807, 2.05) is 0 Å². The Morgan fingerprint density at radius 3 is 2.67 bits per heavy atom. The normalized spacial score (nSPS) is 17.7. The van der Waals surface area contributed by atoms with Crippen molar-refractivity contribution in [1.29, 1.82) is 0 Å². The van der Waals surface area contributed by atoms with Crippen molar-refractivity contribution in [2.75, 3.05) is 23.9 Å². The van der Waals surface area contributed by atoms with Gasteiger partial charge in [-0.05, 0) is 31.0 Å². The summed E-state index contributed by atoms with van der Waals surface area (Å²) in [5, 5.41) is 5.35. The van der Waals surface area contributed by atoms with Crippen LogP contribution >= 0.6 is 0 Å². The van der Waals surface area contributed by atoms with Crippen LogP contribution in [0.1, 0.15) is 32.1 Å². The topological polar surface area (TPSA) is 87.7 Å². The molecule has 0 saturated heterocycles. The predicted molar refractivity (Wildman–Crippen MR) is 89.0 cm³/mol. The maximum Gasteiger partial charge on any atom is 0.313 e. The molecule has 3 rings (SSSR count). The maximum atomic E-state index is 12.1. The molecule has 2 N–H and O–H groups in total. The standard InChI is InChI=1S/C17H21N3O4/c1-20-13-9-12(7-8-14(13)24-10-15(20)21)19-17(23)16(22)18-11-5-3-2-4-6-11/h7-9,11H,2-6,10H2,1H3,(H,18,22)(H,19,23). The summed E-state index contributed by atoms with van der Waals surface area (Å²) in [7, 11) is 1.64. The molecule has 7 heteroatoms. The molecular weight excluding hydrogens is 310 g/mol. The molecule has 1 fully saturated rings. The zero-order valence-electron chi connectivity index (χ0n) is 13.6. The molecule has 0 bridgehead atoms. The Kier molecular flexibility index (Phi) is 4.69. The van der Waals surface area contributed by atoms with Crippen LogP contribution in [0.25, 0.3) is 0 Å². The highest BCUT2D eigenvalue weighted by Crippen LogP contribution is 2.33. The van der Waals surface area contributed by atoms with Gasteiger partial charge in [-0.15, -0.1) is 0 Å². The van der Waals surface area contributed by atoms with Gasteiger partial charge in [0, 0.05) is 18.8 Å². The summed E-state index contributed by atoms with van der Waals surface area (Å²) in [4.78, 5) is 37.2. The lowest BCUT2D eigenvalue weighted by Crippen LogP contribution is -2.42. The molecule has 0 aromatic heterocycles. The van der Waals surface area contributed by atoms with Gasteiger partial charge in [0.1, 0.15) is 5.75 Å². The zero-order chi connectivity index (χ0) is 17.1. The molecule has 2 aliphatic rings. The highest BCUT2D eigenvalue weighted by Gasteiger charge is 2.24. The van der Waals surface area contributed by atoms with Crippen molar-refractivity contribution in [1.82, 2.24) is 5.32 Å². The van der Waals surface area contributed by atoms with Crippen LogP contribution in [0.15, 0.2) is 18.2 Å². The number of carbonyl (C=O) groups excluding carboxylic acids is 3. The molecule has 1 heterocycles. The molecular formula is C17H21N3O4. The summed E-state index contributed by atoms with van der Waals surface area (Å²) >= 11 is 0. The summed E-state index contributed by atoms with van der Waals surface area (Å²) in [6.45, 7) is -0.000992. The molecule has 0 radical (unpaired) electrons. The lowest BCUT2D eigenvalue weighted by Gasteiger charge is -2.26. The molecule has 1 aliphatic heterocycles. The summed E-state index contributed by atoms with van der Waals surface area (Å²) in [6, 6.07) is 5.03. The highest BCUT2D eigenvalue weighted by molar-refractivity contribution is 6.39. The lowest BCUT2D eigenvalue weighted by atomic mass is 9.95. The number of benzene rings is 1. The number of rotatable bonds is 2. The van der Waals surface area contributed by atoms with Crippen LogP contribution in [0.4, 0.5) is 11.4 Å². The SMILES string of the molecule is CN1C(=O)COc2ccc(NC(=O)C(=O)NC3CCCCC3)cc21. The minimum atomic E-state index is -0.703. The molecule has 1 aromatic rings. The number of fused-ring (bicyclic) bond motifs is 1. The average molecular weight is 331 g/mol. The number of nitrogens with zero attached hydrogens (tertiary/aromatic N) is 1. The molecule has 0 spiro atoms. The summed E-state index contributed by atoms with van der Waals surface area (Å²) in [5.74, 6) is -0.922. The first-order chi connectivity index (χ1) is 11.5. The average Bonchev–Trinajstić information content (AvgIpc) is 2.59. The Bertz CT molecular complexity index is 668. The first-order valence-corrected chi connectivity index (χ1v) is 8.20. The zero-order valence-corrected chi connectivity index (χ0v) is 13.6. The van der Waals surface area contributed by atoms with Gasteiger partial charge >= 0.3 is 11.8 Å². The van der Waals surface area contributed by atoms with Crippen molar-refractivity contribution in [2.24, 2.45) is 0 Å². The van der Waals surface area contributed by atoms with E-state index in [2.05, 4.69) is 10.6 Å². The smallest absolute Gasteiger partial charge is 0.313 e. The number of anilines is 2. The second-order valence-corrected chi connectivity index (χ2v) is 6.19. The van der Waals surface area contributed by atoms with Crippen LogP contribution in [0.3, 0.4) is 0 Å². The van der Waals surface area contributed by atoms with Crippen molar-refractivity contribution in [2.45, 2.75) is 38.1 Å². The van der Waals surface area contributed by atoms with Gasteiger partial charge in [0.2, 0.25) is 0 Å². The van der Waals surface area contributed by atoms with Gasteiger partial charge in [0.15, 0.2) is 6.61 Å². The fourth-order valence-electron chi connectivity index (χ4n) is 3.04. The van der Waals surface area contributed by atoms with Gasteiger partial charge in [-0.25, -0.2) is 0 Å². The molecule has 128 valence electrons. The van der Waals surface area contributed by atoms with Gasteiger partial charge in [0.05, 0.1) is 5.69 Å². The van der Waals surface area contributed by atoms with E-state index in [1.54, 1.807) is 25.2 Å². The Balaban J connectivity index is 1.64. The van der Waals surface area contributed by atoms with E-state index in [0.717, 1.165) is 25.7 Å². The Hall–Kier alpha value is -2.57. The minimum absolute atomic E-state index is 0.000992. The van der Waals surface area contributed by atoms with Crippen molar-refractivity contribution < 1.29 is 19.1 Å². The molecule has 1 saturated carbocycles. The highest BCUT2D eigenvalue weighted by atomic mass is 16.5. The van der Waals surface area contributed by atoms with Crippen molar-refractivity contribution >= 4 is 29.1 Å². The van der Waals surface area contributed by atoms with E-state index in [1.165, 1.54) is 11.3 Å². The molecule has 24 heavy (non-hydrogen) atoms.